The summed E-state index contributed by atoms with van der Waals surface area (Å²) in [7, 11) is 0. The zero-order chi connectivity index (χ0) is 15.1. The molecule has 1 saturated heterocycles. The SMILES string of the molecule is CC(C)CNCc1cc(N2CCCCCCC2)ncc1Cl. The van der Waals surface area contributed by atoms with Crippen LogP contribution < -0.4 is 10.2 Å². The Balaban J connectivity index is 2.02. The summed E-state index contributed by atoms with van der Waals surface area (Å²) in [5, 5.41) is 4.23. The third kappa shape index (κ3) is 5.48. The Hall–Kier alpha value is -0.800. The van der Waals surface area contributed by atoms with E-state index >= 15 is 0 Å². The van der Waals surface area contributed by atoms with Crippen LogP contribution in [0.25, 0.3) is 0 Å². The van der Waals surface area contributed by atoms with Crippen LogP contribution in [0.4, 0.5) is 5.82 Å². The fourth-order valence-electron chi connectivity index (χ4n) is 2.75. The van der Waals surface area contributed by atoms with Gasteiger partial charge in [-0.15, -0.1) is 0 Å². The average molecular weight is 310 g/mol. The molecule has 0 aliphatic carbocycles. The Morgan fingerprint density at radius 2 is 1.86 bits per heavy atom. The summed E-state index contributed by atoms with van der Waals surface area (Å²) in [4.78, 5) is 6.96. The van der Waals surface area contributed by atoms with Gasteiger partial charge in [-0.3, -0.25) is 0 Å². The number of pyridine rings is 1. The summed E-state index contributed by atoms with van der Waals surface area (Å²) in [6.07, 6.45) is 8.41. The summed E-state index contributed by atoms with van der Waals surface area (Å²) in [5.41, 5.74) is 1.16. The third-order valence-electron chi connectivity index (χ3n) is 3.97. The molecule has 1 aromatic rings. The van der Waals surface area contributed by atoms with Gasteiger partial charge in [-0.05, 0) is 36.9 Å². The largest absolute Gasteiger partial charge is 0.357 e. The van der Waals surface area contributed by atoms with Gasteiger partial charge in [0.15, 0.2) is 0 Å². The standard InChI is InChI=1S/C17H28ClN3/c1-14(2)11-19-12-15-10-17(20-13-16(15)18)21-8-6-4-3-5-7-9-21/h10,13-14,19H,3-9,11-12H2,1-2H3. The van der Waals surface area contributed by atoms with Crippen molar-refractivity contribution in [2.24, 2.45) is 5.92 Å². The molecular formula is C17H28ClN3. The van der Waals surface area contributed by atoms with Crippen LogP contribution in [0.5, 0.6) is 0 Å². The Labute approximate surface area is 134 Å². The Morgan fingerprint density at radius 1 is 1.19 bits per heavy atom. The Morgan fingerprint density at radius 3 is 2.52 bits per heavy atom. The number of nitrogens with one attached hydrogen (secondary N) is 1. The number of hydrogen-bond donors (Lipinski definition) is 1. The number of hydrogen-bond acceptors (Lipinski definition) is 3. The van der Waals surface area contributed by atoms with Crippen LogP contribution in [0.2, 0.25) is 5.02 Å². The number of halogens is 1. The molecule has 0 spiro atoms. The lowest BCUT2D eigenvalue weighted by atomic mass is 10.1. The number of nitrogens with zero attached hydrogens (tertiary/aromatic N) is 2. The first-order valence-electron chi connectivity index (χ1n) is 8.27. The minimum absolute atomic E-state index is 0.652. The first-order valence-corrected chi connectivity index (χ1v) is 8.64. The summed E-state index contributed by atoms with van der Waals surface area (Å²) in [6, 6.07) is 2.16. The molecule has 4 heteroatoms. The molecule has 1 aliphatic heterocycles. The molecule has 2 rings (SSSR count). The van der Waals surface area contributed by atoms with Crippen LogP contribution in [0.15, 0.2) is 12.3 Å². The topological polar surface area (TPSA) is 28.2 Å². The minimum Gasteiger partial charge on any atom is -0.357 e. The quantitative estimate of drug-likeness (QED) is 0.881. The van der Waals surface area contributed by atoms with Gasteiger partial charge >= 0.3 is 0 Å². The molecule has 0 amide bonds. The van der Waals surface area contributed by atoms with Crippen LogP contribution >= 0.6 is 11.6 Å². The van der Waals surface area contributed by atoms with Gasteiger partial charge in [0, 0.05) is 25.8 Å². The molecule has 118 valence electrons. The molecule has 0 atom stereocenters. The molecule has 1 aromatic heterocycles. The average Bonchev–Trinajstić information content (AvgIpc) is 2.40. The molecule has 0 unspecified atom stereocenters. The van der Waals surface area contributed by atoms with Crippen LogP contribution in [0.1, 0.15) is 51.5 Å². The van der Waals surface area contributed by atoms with E-state index < -0.39 is 0 Å². The van der Waals surface area contributed by atoms with E-state index in [-0.39, 0.29) is 0 Å². The predicted octanol–water partition coefficient (Wildman–Crippen LogP) is 4.25. The number of rotatable bonds is 5. The van der Waals surface area contributed by atoms with Gasteiger partial charge in [-0.2, -0.15) is 0 Å². The van der Waals surface area contributed by atoms with Gasteiger partial charge < -0.3 is 10.2 Å². The van der Waals surface area contributed by atoms with Crippen molar-refractivity contribution in [3.63, 3.8) is 0 Å². The van der Waals surface area contributed by atoms with Crippen molar-refractivity contribution >= 4 is 17.4 Å². The smallest absolute Gasteiger partial charge is 0.128 e. The van der Waals surface area contributed by atoms with E-state index in [1.807, 2.05) is 6.20 Å². The Kier molecular flexibility index (Phi) is 6.78. The molecule has 0 radical (unpaired) electrons. The molecular weight excluding hydrogens is 282 g/mol. The van der Waals surface area contributed by atoms with E-state index in [2.05, 4.69) is 35.1 Å². The summed E-state index contributed by atoms with van der Waals surface area (Å²) < 4.78 is 0. The molecule has 2 heterocycles. The van der Waals surface area contributed by atoms with Crippen LogP contribution in [0, 0.1) is 5.92 Å². The maximum Gasteiger partial charge on any atom is 0.128 e. The van der Waals surface area contributed by atoms with Crippen molar-refractivity contribution in [3.05, 3.63) is 22.8 Å². The predicted molar refractivity (Wildman–Crippen MR) is 91.1 cm³/mol. The second-order valence-electron chi connectivity index (χ2n) is 6.41. The van der Waals surface area contributed by atoms with E-state index in [1.54, 1.807) is 0 Å². The van der Waals surface area contributed by atoms with E-state index in [4.69, 9.17) is 11.6 Å². The third-order valence-corrected chi connectivity index (χ3v) is 4.31. The lowest BCUT2D eigenvalue weighted by Gasteiger charge is -2.26. The lowest BCUT2D eigenvalue weighted by molar-refractivity contribution is 0.549. The zero-order valence-electron chi connectivity index (χ0n) is 13.4. The second kappa shape index (κ2) is 8.60. The zero-order valence-corrected chi connectivity index (χ0v) is 14.1. The molecule has 21 heavy (non-hydrogen) atoms. The fraction of sp³-hybridized carbons (Fsp3) is 0.706. The highest BCUT2D eigenvalue weighted by molar-refractivity contribution is 6.31. The van der Waals surface area contributed by atoms with Crippen molar-refractivity contribution in [2.75, 3.05) is 24.5 Å². The van der Waals surface area contributed by atoms with Crippen LogP contribution in [-0.2, 0) is 6.54 Å². The first kappa shape index (κ1) is 16.6. The highest BCUT2D eigenvalue weighted by Gasteiger charge is 2.12. The highest BCUT2D eigenvalue weighted by atomic mass is 35.5. The van der Waals surface area contributed by atoms with Crippen molar-refractivity contribution < 1.29 is 0 Å². The summed E-state index contributed by atoms with van der Waals surface area (Å²) in [5.74, 6) is 1.74. The summed E-state index contributed by atoms with van der Waals surface area (Å²) >= 11 is 6.29. The van der Waals surface area contributed by atoms with Gasteiger partial charge in [-0.1, -0.05) is 44.7 Å². The summed E-state index contributed by atoms with van der Waals surface area (Å²) in [6.45, 7) is 8.50. The maximum atomic E-state index is 6.29. The van der Waals surface area contributed by atoms with E-state index in [1.165, 1.54) is 32.1 Å². The van der Waals surface area contributed by atoms with Gasteiger partial charge in [0.05, 0.1) is 5.02 Å². The molecule has 0 aromatic carbocycles. The molecule has 1 N–H and O–H groups in total. The highest BCUT2D eigenvalue weighted by Crippen LogP contribution is 2.22. The second-order valence-corrected chi connectivity index (χ2v) is 6.82. The van der Waals surface area contributed by atoms with Crippen LogP contribution in [-0.4, -0.2) is 24.6 Å². The normalized spacial score (nSPS) is 16.9. The van der Waals surface area contributed by atoms with E-state index in [0.717, 1.165) is 42.6 Å². The van der Waals surface area contributed by atoms with E-state index in [0.29, 0.717) is 5.92 Å². The molecule has 0 saturated carbocycles. The first-order chi connectivity index (χ1) is 10.2. The molecule has 1 aliphatic rings. The van der Waals surface area contributed by atoms with Gasteiger partial charge in [0.2, 0.25) is 0 Å². The maximum absolute atomic E-state index is 6.29. The minimum atomic E-state index is 0.652. The number of aromatic nitrogens is 1. The number of anilines is 1. The van der Waals surface area contributed by atoms with Crippen molar-refractivity contribution in [2.45, 2.75) is 52.5 Å². The molecule has 3 nitrogen and oxygen atoms in total. The van der Waals surface area contributed by atoms with E-state index in [9.17, 15) is 0 Å². The van der Waals surface area contributed by atoms with Gasteiger partial charge in [-0.25, -0.2) is 4.98 Å². The van der Waals surface area contributed by atoms with Gasteiger partial charge in [0.25, 0.3) is 0 Å². The van der Waals surface area contributed by atoms with Crippen molar-refractivity contribution in [1.82, 2.24) is 10.3 Å². The lowest BCUT2D eigenvalue weighted by Crippen LogP contribution is -2.28. The van der Waals surface area contributed by atoms with Gasteiger partial charge in [0.1, 0.15) is 5.82 Å². The van der Waals surface area contributed by atoms with Crippen LogP contribution in [0.3, 0.4) is 0 Å². The Bertz CT molecular complexity index is 426. The van der Waals surface area contributed by atoms with Crippen molar-refractivity contribution in [3.8, 4) is 0 Å². The monoisotopic (exact) mass is 309 g/mol. The molecule has 1 fully saturated rings. The van der Waals surface area contributed by atoms with Crippen molar-refractivity contribution in [1.29, 1.82) is 0 Å². The molecule has 0 bridgehead atoms. The fourth-order valence-corrected chi connectivity index (χ4v) is 2.92.